The van der Waals surface area contributed by atoms with Gasteiger partial charge in [-0.15, -0.1) is 0 Å². The third-order valence-corrected chi connectivity index (χ3v) is 4.25. The first-order chi connectivity index (χ1) is 8.37. The summed E-state index contributed by atoms with van der Waals surface area (Å²) in [5.41, 5.74) is 5.20. The highest BCUT2D eigenvalue weighted by Gasteiger charge is 2.42. The Kier molecular flexibility index (Phi) is 3.11. The monoisotopic (exact) mass is 242 g/mol. The molecule has 18 heavy (non-hydrogen) atoms. The fraction of sp³-hybridized carbons (Fsp3) is 0.562. The van der Waals surface area contributed by atoms with Crippen molar-refractivity contribution in [3.05, 3.63) is 28.8 Å². The summed E-state index contributed by atoms with van der Waals surface area (Å²) in [6.07, 6.45) is 0.969. The van der Waals surface area contributed by atoms with Crippen molar-refractivity contribution in [3.63, 3.8) is 0 Å². The molecule has 0 aliphatic carbocycles. The van der Waals surface area contributed by atoms with Gasteiger partial charge >= 0.3 is 0 Å². The van der Waals surface area contributed by atoms with Crippen LogP contribution < -0.4 is 4.90 Å². The van der Waals surface area contributed by atoms with E-state index in [1.165, 1.54) is 22.4 Å². The summed E-state index contributed by atoms with van der Waals surface area (Å²) in [5.74, 6) is 0.123. The van der Waals surface area contributed by atoms with E-state index in [0.717, 1.165) is 13.0 Å². The summed E-state index contributed by atoms with van der Waals surface area (Å²) < 4.78 is 0. The predicted octanol–water partition coefficient (Wildman–Crippen LogP) is 3.74. The van der Waals surface area contributed by atoms with Crippen LogP contribution in [0.4, 0.5) is 5.69 Å². The molecule has 0 saturated carbocycles. The van der Waals surface area contributed by atoms with Crippen molar-refractivity contribution >= 4 is 5.69 Å². The van der Waals surface area contributed by atoms with E-state index in [-0.39, 0.29) is 11.5 Å². The minimum atomic E-state index is -0.0699. The number of anilines is 1. The maximum absolute atomic E-state index is 9.27. The standard InChI is InChI=1S/C16H22N2/c1-11-8-12(2)15(13(3)9-11)18-7-6-14(10-17)16(18,4)5/h8-9,14H,6-7H2,1-5H3. The molecule has 1 heterocycles. The van der Waals surface area contributed by atoms with Gasteiger partial charge in [0, 0.05) is 12.2 Å². The second kappa shape index (κ2) is 4.31. The lowest BCUT2D eigenvalue weighted by molar-refractivity contribution is 0.438. The van der Waals surface area contributed by atoms with Crippen LogP contribution in [0.1, 0.15) is 37.0 Å². The van der Waals surface area contributed by atoms with Gasteiger partial charge in [-0.3, -0.25) is 0 Å². The predicted molar refractivity (Wildman–Crippen MR) is 75.8 cm³/mol. The minimum absolute atomic E-state index is 0.0699. The maximum atomic E-state index is 9.27. The van der Waals surface area contributed by atoms with Gasteiger partial charge in [0.25, 0.3) is 0 Å². The lowest BCUT2D eigenvalue weighted by Crippen LogP contribution is -2.43. The third kappa shape index (κ3) is 1.88. The molecule has 0 aromatic heterocycles. The van der Waals surface area contributed by atoms with Gasteiger partial charge in [-0.1, -0.05) is 17.7 Å². The normalized spacial score (nSPS) is 22.0. The molecule has 1 saturated heterocycles. The quantitative estimate of drug-likeness (QED) is 0.750. The molecule has 96 valence electrons. The number of aryl methyl sites for hydroxylation is 3. The second-order valence-corrected chi connectivity index (χ2v) is 6.02. The summed E-state index contributed by atoms with van der Waals surface area (Å²) >= 11 is 0. The molecule has 1 atom stereocenters. The fourth-order valence-electron chi connectivity index (χ4n) is 3.31. The molecule has 0 radical (unpaired) electrons. The zero-order valence-electron chi connectivity index (χ0n) is 12.0. The zero-order chi connectivity index (χ0) is 13.5. The highest BCUT2D eigenvalue weighted by Crippen LogP contribution is 2.40. The molecule has 2 heteroatoms. The highest BCUT2D eigenvalue weighted by atomic mass is 15.2. The topological polar surface area (TPSA) is 27.0 Å². The van der Waals surface area contributed by atoms with Crippen molar-refractivity contribution in [2.24, 2.45) is 5.92 Å². The molecule has 1 unspecified atom stereocenters. The van der Waals surface area contributed by atoms with E-state index in [0.29, 0.717) is 0 Å². The number of hydrogen-bond donors (Lipinski definition) is 0. The van der Waals surface area contributed by atoms with Gasteiger partial charge in [-0.25, -0.2) is 0 Å². The highest BCUT2D eigenvalue weighted by molar-refractivity contribution is 5.62. The first-order valence-corrected chi connectivity index (χ1v) is 6.63. The van der Waals surface area contributed by atoms with Crippen LogP contribution in [0.15, 0.2) is 12.1 Å². The van der Waals surface area contributed by atoms with Gasteiger partial charge in [-0.05, 0) is 52.2 Å². The molecule has 0 bridgehead atoms. The van der Waals surface area contributed by atoms with E-state index in [1.807, 2.05) is 0 Å². The van der Waals surface area contributed by atoms with Crippen molar-refractivity contribution in [1.29, 1.82) is 5.26 Å². The first-order valence-electron chi connectivity index (χ1n) is 6.63. The van der Waals surface area contributed by atoms with E-state index >= 15 is 0 Å². The first kappa shape index (κ1) is 13.0. The average Bonchev–Trinajstić information content (AvgIpc) is 2.53. The molecule has 1 aromatic carbocycles. The fourth-order valence-corrected chi connectivity index (χ4v) is 3.31. The molecule has 2 nitrogen and oxygen atoms in total. The van der Waals surface area contributed by atoms with Gasteiger partial charge in [0.1, 0.15) is 0 Å². The van der Waals surface area contributed by atoms with Gasteiger partial charge in [0.15, 0.2) is 0 Å². The Bertz CT molecular complexity index is 485. The molecule has 1 aliphatic heterocycles. The maximum Gasteiger partial charge on any atom is 0.0706 e. The van der Waals surface area contributed by atoms with E-state index in [9.17, 15) is 5.26 Å². The average molecular weight is 242 g/mol. The Hall–Kier alpha value is -1.49. The van der Waals surface area contributed by atoms with Crippen LogP contribution in [0.5, 0.6) is 0 Å². The molecule has 2 rings (SSSR count). The number of hydrogen-bond acceptors (Lipinski definition) is 2. The SMILES string of the molecule is Cc1cc(C)c(N2CCC(C#N)C2(C)C)c(C)c1. The van der Waals surface area contributed by atoms with Gasteiger partial charge in [0.2, 0.25) is 0 Å². The van der Waals surface area contributed by atoms with Crippen LogP contribution in [-0.4, -0.2) is 12.1 Å². The molecule has 1 aromatic rings. The van der Waals surface area contributed by atoms with Crippen LogP contribution >= 0.6 is 0 Å². The van der Waals surface area contributed by atoms with Crippen LogP contribution in [0.3, 0.4) is 0 Å². The van der Waals surface area contributed by atoms with Crippen LogP contribution in [0, 0.1) is 38.0 Å². The molecule has 0 N–H and O–H groups in total. The summed E-state index contributed by atoms with van der Waals surface area (Å²) in [6, 6.07) is 6.93. The van der Waals surface area contributed by atoms with Crippen molar-refractivity contribution in [2.45, 2.75) is 46.6 Å². The Morgan fingerprint density at radius 2 is 1.78 bits per heavy atom. The Balaban J connectivity index is 2.49. The van der Waals surface area contributed by atoms with Crippen LogP contribution in [-0.2, 0) is 0 Å². The molecule has 1 fully saturated rings. The van der Waals surface area contributed by atoms with Crippen molar-refractivity contribution in [1.82, 2.24) is 0 Å². The Morgan fingerprint density at radius 1 is 1.22 bits per heavy atom. The van der Waals surface area contributed by atoms with Gasteiger partial charge < -0.3 is 4.90 Å². The summed E-state index contributed by atoms with van der Waals surface area (Å²) in [6.45, 7) is 11.8. The molecular formula is C16H22N2. The zero-order valence-corrected chi connectivity index (χ0v) is 12.0. The van der Waals surface area contributed by atoms with Gasteiger partial charge in [0.05, 0.1) is 17.5 Å². The Labute approximate surface area is 110 Å². The van der Waals surface area contributed by atoms with E-state index in [4.69, 9.17) is 0 Å². The van der Waals surface area contributed by atoms with Crippen LogP contribution in [0.25, 0.3) is 0 Å². The van der Waals surface area contributed by atoms with Gasteiger partial charge in [-0.2, -0.15) is 5.26 Å². The summed E-state index contributed by atoms with van der Waals surface area (Å²) in [4.78, 5) is 2.42. The lowest BCUT2D eigenvalue weighted by Gasteiger charge is -2.37. The second-order valence-electron chi connectivity index (χ2n) is 6.02. The largest absolute Gasteiger partial charge is 0.365 e. The summed E-state index contributed by atoms with van der Waals surface area (Å²) in [7, 11) is 0. The molecule has 0 amide bonds. The van der Waals surface area contributed by atoms with Crippen molar-refractivity contribution in [2.75, 3.05) is 11.4 Å². The number of rotatable bonds is 1. The molecule has 1 aliphatic rings. The van der Waals surface area contributed by atoms with Crippen molar-refractivity contribution < 1.29 is 0 Å². The molecular weight excluding hydrogens is 220 g/mol. The van der Waals surface area contributed by atoms with E-state index in [2.05, 4.69) is 57.7 Å². The lowest BCUT2D eigenvalue weighted by atomic mass is 9.89. The third-order valence-electron chi connectivity index (χ3n) is 4.25. The van der Waals surface area contributed by atoms with E-state index in [1.54, 1.807) is 0 Å². The smallest absolute Gasteiger partial charge is 0.0706 e. The van der Waals surface area contributed by atoms with Crippen LogP contribution in [0.2, 0.25) is 0 Å². The summed E-state index contributed by atoms with van der Waals surface area (Å²) in [5, 5.41) is 9.27. The van der Waals surface area contributed by atoms with Crippen molar-refractivity contribution in [3.8, 4) is 6.07 Å². The number of nitriles is 1. The number of benzene rings is 1. The minimum Gasteiger partial charge on any atom is -0.365 e. The van der Waals surface area contributed by atoms with E-state index < -0.39 is 0 Å². The Morgan fingerprint density at radius 3 is 2.22 bits per heavy atom. The number of nitrogens with zero attached hydrogens (tertiary/aromatic N) is 2. The molecule has 0 spiro atoms.